The van der Waals surface area contributed by atoms with Crippen molar-refractivity contribution in [2.24, 2.45) is 0 Å². The number of carbonyl (C=O) groups is 2. The van der Waals surface area contributed by atoms with Gasteiger partial charge < -0.3 is 4.74 Å². The molecular formula is C7H10O3S. The molecule has 0 aromatic heterocycles. The molecule has 0 saturated heterocycles. The molecule has 0 aromatic carbocycles. The first-order chi connectivity index (χ1) is 5.16. The lowest BCUT2D eigenvalue weighted by Crippen LogP contribution is -1.94. The van der Waals surface area contributed by atoms with Crippen molar-refractivity contribution in [3.63, 3.8) is 0 Å². The molecule has 0 radical (unpaired) electrons. The average molecular weight is 174 g/mol. The molecule has 4 heteroatoms. The summed E-state index contributed by atoms with van der Waals surface area (Å²) in [7, 11) is 1.31. The lowest BCUT2D eigenvalue weighted by Gasteiger charge is -1.89. The van der Waals surface area contributed by atoms with Gasteiger partial charge >= 0.3 is 5.97 Å². The highest BCUT2D eigenvalue weighted by Gasteiger charge is 1.91. The Balaban J connectivity index is 3.45. The monoisotopic (exact) mass is 174 g/mol. The van der Waals surface area contributed by atoms with Gasteiger partial charge in [-0.2, -0.15) is 0 Å². The Morgan fingerprint density at radius 2 is 2.18 bits per heavy atom. The minimum absolute atomic E-state index is 0.0412. The van der Waals surface area contributed by atoms with Crippen LogP contribution in [0, 0.1) is 0 Å². The largest absolute Gasteiger partial charge is 0.466 e. The van der Waals surface area contributed by atoms with Crippen LogP contribution in [0.3, 0.4) is 0 Å². The van der Waals surface area contributed by atoms with Crippen LogP contribution in [0.15, 0.2) is 12.2 Å². The number of hydrogen-bond donors (Lipinski definition) is 0. The summed E-state index contributed by atoms with van der Waals surface area (Å²) in [5.74, 6) is 0.124. The van der Waals surface area contributed by atoms with Gasteiger partial charge in [-0.1, -0.05) is 17.8 Å². The van der Waals surface area contributed by atoms with Crippen LogP contribution in [0.25, 0.3) is 0 Å². The van der Waals surface area contributed by atoms with Crippen LogP contribution in [0.5, 0.6) is 0 Å². The van der Waals surface area contributed by atoms with Gasteiger partial charge in [-0.05, 0) is 0 Å². The molecule has 0 bridgehead atoms. The number of rotatable bonds is 3. The SMILES string of the molecule is COC(=O)C=CCSC(C)=O. The summed E-state index contributed by atoms with van der Waals surface area (Å²) < 4.78 is 4.34. The van der Waals surface area contributed by atoms with E-state index in [0.717, 1.165) is 11.8 Å². The van der Waals surface area contributed by atoms with Crippen molar-refractivity contribution in [2.75, 3.05) is 12.9 Å². The van der Waals surface area contributed by atoms with Gasteiger partial charge in [-0.3, -0.25) is 4.79 Å². The lowest BCUT2D eigenvalue weighted by molar-refractivity contribution is -0.134. The molecule has 3 nitrogen and oxygen atoms in total. The Bertz CT molecular complexity index is 175. The molecule has 0 aliphatic rings. The van der Waals surface area contributed by atoms with Gasteiger partial charge in [0.2, 0.25) is 0 Å². The first kappa shape index (κ1) is 10.2. The zero-order valence-electron chi connectivity index (χ0n) is 6.49. The van der Waals surface area contributed by atoms with E-state index in [9.17, 15) is 9.59 Å². The Labute approximate surface area is 69.8 Å². The van der Waals surface area contributed by atoms with Gasteiger partial charge in [0.25, 0.3) is 0 Å². The molecule has 0 spiro atoms. The van der Waals surface area contributed by atoms with E-state index < -0.39 is 5.97 Å². The zero-order chi connectivity index (χ0) is 8.69. The standard InChI is InChI=1S/C7H10O3S/c1-6(8)11-5-3-4-7(9)10-2/h3-4H,5H2,1-2H3. The fourth-order valence-electron chi connectivity index (χ4n) is 0.378. The van der Waals surface area contributed by atoms with E-state index in [-0.39, 0.29) is 5.12 Å². The average Bonchev–Trinajstić information content (AvgIpc) is 1.97. The number of ether oxygens (including phenoxy) is 1. The fraction of sp³-hybridized carbons (Fsp3) is 0.429. The van der Waals surface area contributed by atoms with E-state index in [1.807, 2.05) is 0 Å². The van der Waals surface area contributed by atoms with Gasteiger partial charge in [-0.15, -0.1) is 0 Å². The Morgan fingerprint density at radius 1 is 1.55 bits per heavy atom. The third-order valence-electron chi connectivity index (χ3n) is 0.838. The third-order valence-corrected chi connectivity index (χ3v) is 1.60. The van der Waals surface area contributed by atoms with Gasteiger partial charge in [0.05, 0.1) is 7.11 Å². The Morgan fingerprint density at radius 3 is 2.64 bits per heavy atom. The highest BCUT2D eigenvalue weighted by atomic mass is 32.2. The second-order valence-corrected chi connectivity index (χ2v) is 2.93. The molecule has 0 fully saturated rings. The molecule has 0 heterocycles. The molecule has 0 rings (SSSR count). The van der Waals surface area contributed by atoms with Crippen molar-refractivity contribution in [3.8, 4) is 0 Å². The van der Waals surface area contributed by atoms with Crippen molar-refractivity contribution in [3.05, 3.63) is 12.2 Å². The number of carbonyl (C=O) groups excluding carboxylic acids is 2. The molecule has 0 atom stereocenters. The van der Waals surface area contributed by atoms with Crippen molar-refractivity contribution in [1.29, 1.82) is 0 Å². The first-order valence-corrected chi connectivity index (χ1v) is 4.03. The van der Waals surface area contributed by atoms with Crippen molar-refractivity contribution >= 4 is 22.8 Å². The van der Waals surface area contributed by atoms with Crippen LogP contribution < -0.4 is 0 Å². The molecule has 0 aliphatic heterocycles. The van der Waals surface area contributed by atoms with Crippen LogP contribution in [-0.4, -0.2) is 23.9 Å². The molecule has 0 unspecified atom stereocenters. The normalized spacial score (nSPS) is 10.0. The van der Waals surface area contributed by atoms with Crippen LogP contribution in [0.1, 0.15) is 6.92 Å². The first-order valence-electron chi connectivity index (χ1n) is 3.04. The van der Waals surface area contributed by atoms with Crippen LogP contribution >= 0.6 is 11.8 Å². The molecule has 0 N–H and O–H groups in total. The summed E-state index contributed by atoms with van der Waals surface area (Å²) in [6.07, 6.45) is 2.90. The summed E-state index contributed by atoms with van der Waals surface area (Å²) in [5.41, 5.74) is 0. The second-order valence-electron chi connectivity index (χ2n) is 1.73. The molecule has 62 valence electrons. The summed E-state index contributed by atoms with van der Waals surface area (Å²) in [6.45, 7) is 1.48. The number of hydrogen-bond acceptors (Lipinski definition) is 4. The molecular weight excluding hydrogens is 164 g/mol. The smallest absolute Gasteiger partial charge is 0.330 e. The number of methoxy groups -OCH3 is 1. The molecule has 0 saturated carbocycles. The predicted octanol–water partition coefficient (Wildman–Crippen LogP) is 0.995. The van der Waals surface area contributed by atoms with Crippen molar-refractivity contribution < 1.29 is 14.3 Å². The molecule has 0 aromatic rings. The summed E-state index contributed by atoms with van der Waals surface area (Å²) in [4.78, 5) is 20.8. The highest BCUT2D eigenvalue weighted by Crippen LogP contribution is 2.00. The highest BCUT2D eigenvalue weighted by molar-refractivity contribution is 8.13. The quantitative estimate of drug-likeness (QED) is 0.473. The van der Waals surface area contributed by atoms with Crippen LogP contribution in [0.4, 0.5) is 0 Å². The van der Waals surface area contributed by atoms with Crippen LogP contribution in [-0.2, 0) is 14.3 Å². The molecule has 0 amide bonds. The maximum Gasteiger partial charge on any atom is 0.330 e. The molecule has 0 aliphatic carbocycles. The summed E-state index contributed by atoms with van der Waals surface area (Å²) >= 11 is 1.15. The minimum Gasteiger partial charge on any atom is -0.466 e. The maximum atomic E-state index is 10.5. The minimum atomic E-state index is -0.394. The molecule has 11 heavy (non-hydrogen) atoms. The third kappa shape index (κ3) is 7.12. The van der Waals surface area contributed by atoms with E-state index in [2.05, 4.69) is 4.74 Å². The van der Waals surface area contributed by atoms with E-state index in [4.69, 9.17) is 0 Å². The van der Waals surface area contributed by atoms with Gasteiger partial charge in [0.1, 0.15) is 0 Å². The van der Waals surface area contributed by atoms with Gasteiger partial charge in [0.15, 0.2) is 5.12 Å². The zero-order valence-corrected chi connectivity index (χ0v) is 7.31. The summed E-state index contributed by atoms with van der Waals surface area (Å²) in [5, 5.41) is 0.0412. The predicted molar refractivity (Wildman–Crippen MR) is 44.3 cm³/mol. The van der Waals surface area contributed by atoms with E-state index >= 15 is 0 Å². The Kier molecular flexibility index (Phi) is 5.56. The fourth-order valence-corrected chi connectivity index (χ4v) is 0.805. The van der Waals surface area contributed by atoms with E-state index in [0.29, 0.717) is 5.75 Å². The van der Waals surface area contributed by atoms with Crippen molar-refractivity contribution in [2.45, 2.75) is 6.92 Å². The number of thioether (sulfide) groups is 1. The lowest BCUT2D eigenvalue weighted by atomic mass is 10.5. The van der Waals surface area contributed by atoms with Gasteiger partial charge in [0, 0.05) is 18.8 Å². The van der Waals surface area contributed by atoms with Crippen LogP contribution in [0.2, 0.25) is 0 Å². The van der Waals surface area contributed by atoms with Gasteiger partial charge in [-0.25, -0.2) is 4.79 Å². The van der Waals surface area contributed by atoms with E-state index in [1.165, 1.54) is 20.1 Å². The van der Waals surface area contributed by atoms with Crippen molar-refractivity contribution in [1.82, 2.24) is 0 Å². The summed E-state index contributed by atoms with van der Waals surface area (Å²) in [6, 6.07) is 0. The second kappa shape index (κ2) is 5.97. The van der Waals surface area contributed by atoms with E-state index in [1.54, 1.807) is 6.08 Å². The maximum absolute atomic E-state index is 10.5. The Hall–Kier alpha value is -0.770. The topological polar surface area (TPSA) is 43.4 Å². The number of esters is 1.